The van der Waals surface area contributed by atoms with E-state index < -0.39 is 0 Å². The first-order valence-electron chi connectivity index (χ1n) is 18.9. The Morgan fingerprint density at radius 2 is 1.24 bits per heavy atom. The van der Waals surface area contributed by atoms with Crippen molar-refractivity contribution >= 4 is 52.5 Å². The number of ether oxygens (including phenoxy) is 3. The van der Waals surface area contributed by atoms with E-state index in [1.165, 1.54) is 5.56 Å². The van der Waals surface area contributed by atoms with Crippen LogP contribution in [0.5, 0.6) is 17.2 Å². The number of carbonyl (C=O) groups is 2. The third-order valence-corrected chi connectivity index (χ3v) is 10.4. The quantitative estimate of drug-likeness (QED) is 0.154. The van der Waals surface area contributed by atoms with Gasteiger partial charge < -0.3 is 29.3 Å². The lowest BCUT2D eigenvalue weighted by molar-refractivity contribution is 0.0809. The van der Waals surface area contributed by atoms with Crippen molar-refractivity contribution in [1.82, 2.24) is 9.80 Å². The summed E-state index contributed by atoms with van der Waals surface area (Å²) in [6.45, 7) is 8.97. The van der Waals surface area contributed by atoms with E-state index in [1.807, 2.05) is 43.9 Å². The van der Waals surface area contributed by atoms with E-state index >= 15 is 0 Å². The third-order valence-electron chi connectivity index (χ3n) is 10.4. The van der Waals surface area contributed by atoms with Crippen LogP contribution < -0.4 is 19.5 Å². The van der Waals surface area contributed by atoms with Crippen molar-refractivity contribution in [2.45, 2.75) is 65.1 Å². The van der Waals surface area contributed by atoms with Gasteiger partial charge in [-0.15, -0.1) is 0 Å². The summed E-state index contributed by atoms with van der Waals surface area (Å²) >= 11 is 0. The molecule has 10 nitrogen and oxygen atoms in total. The van der Waals surface area contributed by atoms with E-state index in [4.69, 9.17) is 24.2 Å². The summed E-state index contributed by atoms with van der Waals surface area (Å²) in [5.74, 6) is 1.46. The number of aliphatic imine (C=N–C) groups is 2. The van der Waals surface area contributed by atoms with Gasteiger partial charge in [0.25, 0.3) is 11.8 Å². The molecule has 4 aliphatic rings. The summed E-state index contributed by atoms with van der Waals surface area (Å²) in [7, 11) is 1.56. The summed E-state index contributed by atoms with van der Waals surface area (Å²) in [5.41, 5.74) is 9.72. The fourth-order valence-electron chi connectivity index (χ4n) is 7.46. The predicted molar refractivity (Wildman–Crippen MR) is 218 cm³/mol. The van der Waals surface area contributed by atoms with E-state index in [2.05, 4.69) is 74.6 Å². The lowest BCUT2D eigenvalue weighted by atomic mass is 10.0. The molecule has 4 aromatic rings. The van der Waals surface area contributed by atoms with Crippen molar-refractivity contribution in [3.8, 4) is 17.2 Å². The summed E-state index contributed by atoms with van der Waals surface area (Å²) in [6.07, 6.45) is 9.59. The van der Waals surface area contributed by atoms with Crippen LogP contribution in [-0.4, -0.2) is 72.5 Å². The van der Waals surface area contributed by atoms with Crippen LogP contribution >= 0.6 is 0 Å². The van der Waals surface area contributed by atoms with Crippen LogP contribution in [-0.2, 0) is 0 Å². The molecule has 0 saturated carbocycles. The standard InChI is InChI=1S/C45H45N5O5/c1-27(2)48-34-13-11-31(12-14-34)33-19-35-23-46-39-21-41(29(4)17-37(39)44(51)49(35)26-33)54-15-6-16-55-43-22-40-38(20-42(43)53-5)45(52)50-25-32(18-36(50)24-47-40)30-9-7-28(3)8-10-30/h7-14,17,20-27,35-36,48H,6,15-16,18-19H2,1-5H3/t35-,36-/m0/s1. The van der Waals surface area contributed by atoms with Crippen LogP contribution in [0.4, 0.5) is 17.1 Å². The zero-order valence-corrected chi connectivity index (χ0v) is 31.8. The number of nitrogens with one attached hydrogen (secondary N) is 1. The van der Waals surface area contributed by atoms with Gasteiger partial charge in [-0.05, 0) is 79.8 Å². The lowest BCUT2D eigenvalue weighted by Crippen LogP contribution is -2.32. The average molecular weight is 736 g/mol. The molecule has 8 rings (SSSR count). The Morgan fingerprint density at radius 1 is 0.709 bits per heavy atom. The molecule has 0 aromatic heterocycles. The number of anilines is 1. The van der Waals surface area contributed by atoms with Crippen molar-refractivity contribution in [1.29, 1.82) is 0 Å². The smallest absolute Gasteiger partial charge is 0.260 e. The van der Waals surface area contributed by atoms with Gasteiger partial charge in [-0.1, -0.05) is 42.0 Å². The summed E-state index contributed by atoms with van der Waals surface area (Å²) in [4.78, 5) is 40.5. The van der Waals surface area contributed by atoms with Gasteiger partial charge >= 0.3 is 0 Å². The largest absolute Gasteiger partial charge is 0.493 e. The first-order valence-corrected chi connectivity index (χ1v) is 18.9. The van der Waals surface area contributed by atoms with Crippen LogP contribution in [0, 0.1) is 13.8 Å². The fourth-order valence-corrected chi connectivity index (χ4v) is 7.46. The van der Waals surface area contributed by atoms with Gasteiger partial charge in [-0.25, -0.2) is 0 Å². The summed E-state index contributed by atoms with van der Waals surface area (Å²) < 4.78 is 18.0. The highest BCUT2D eigenvalue weighted by molar-refractivity contribution is 6.06. The molecule has 0 saturated heterocycles. The van der Waals surface area contributed by atoms with Gasteiger partial charge in [0.2, 0.25) is 0 Å². The van der Waals surface area contributed by atoms with Gasteiger partial charge in [0.15, 0.2) is 11.5 Å². The maximum Gasteiger partial charge on any atom is 0.260 e. The molecule has 0 spiro atoms. The molecular weight excluding hydrogens is 691 g/mol. The number of carbonyl (C=O) groups excluding carboxylic acids is 2. The minimum atomic E-state index is -0.160. The molecule has 0 aliphatic carbocycles. The van der Waals surface area contributed by atoms with Gasteiger partial charge in [-0.2, -0.15) is 0 Å². The van der Waals surface area contributed by atoms with Gasteiger partial charge in [0, 0.05) is 68.0 Å². The monoisotopic (exact) mass is 735 g/mol. The zero-order valence-electron chi connectivity index (χ0n) is 31.8. The minimum absolute atomic E-state index is 0.0711. The molecule has 4 heterocycles. The number of nitrogens with zero attached hydrogens (tertiary/aromatic N) is 4. The first-order chi connectivity index (χ1) is 26.6. The van der Waals surface area contributed by atoms with Crippen LogP contribution in [0.3, 0.4) is 0 Å². The molecule has 2 atom stereocenters. The third kappa shape index (κ3) is 7.24. The van der Waals surface area contributed by atoms with Gasteiger partial charge in [0.1, 0.15) is 5.75 Å². The maximum atomic E-state index is 13.8. The molecule has 0 radical (unpaired) electrons. The molecule has 1 N–H and O–H groups in total. The van der Waals surface area contributed by atoms with Crippen LogP contribution in [0.25, 0.3) is 11.1 Å². The van der Waals surface area contributed by atoms with Crippen molar-refractivity contribution in [3.63, 3.8) is 0 Å². The molecule has 0 fully saturated rings. The van der Waals surface area contributed by atoms with E-state index in [1.54, 1.807) is 29.0 Å². The number of aryl methyl sites for hydroxylation is 2. The molecule has 10 heteroatoms. The van der Waals surface area contributed by atoms with Crippen molar-refractivity contribution in [3.05, 3.63) is 119 Å². The predicted octanol–water partition coefficient (Wildman–Crippen LogP) is 8.92. The average Bonchev–Trinajstić information content (AvgIpc) is 3.76. The normalized spacial score (nSPS) is 18.2. The number of rotatable bonds is 11. The van der Waals surface area contributed by atoms with Crippen molar-refractivity contribution in [2.75, 3.05) is 25.6 Å². The SMILES string of the molecule is COc1cc2c(cc1OCCCOc1cc3c(cc1C)C(=O)N1C=C(c4ccc(NC(C)C)cc4)C[C@H]1C=N3)N=C[C@@H]1CC(c3ccc(C)cc3)=CN1C2=O. The Kier molecular flexibility index (Phi) is 9.73. The number of fused-ring (bicyclic) bond motifs is 4. The highest BCUT2D eigenvalue weighted by Gasteiger charge is 2.35. The first kappa shape index (κ1) is 35.8. The van der Waals surface area contributed by atoms with Crippen molar-refractivity contribution in [2.24, 2.45) is 9.98 Å². The van der Waals surface area contributed by atoms with Crippen molar-refractivity contribution < 1.29 is 23.8 Å². The Balaban J connectivity index is 0.887. The van der Waals surface area contributed by atoms with E-state index in [0.29, 0.717) is 78.3 Å². The number of amides is 2. The second kappa shape index (κ2) is 14.9. The van der Waals surface area contributed by atoms with Crippen LogP contribution in [0.2, 0.25) is 0 Å². The van der Waals surface area contributed by atoms with E-state index in [-0.39, 0.29) is 23.9 Å². The Labute approximate surface area is 321 Å². The molecule has 280 valence electrons. The second-order valence-electron chi connectivity index (χ2n) is 14.8. The number of methoxy groups -OCH3 is 1. The Morgan fingerprint density at radius 3 is 1.80 bits per heavy atom. The number of benzene rings is 4. The molecule has 4 aromatic carbocycles. The molecule has 2 amide bonds. The Hall–Kier alpha value is -6.16. The topological polar surface area (TPSA) is 105 Å². The van der Waals surface area contributed by atoms with Crippen LogP contribution in [0.1, 0.15) is 76.1 Å². The second-order valence-corrected chi connectivity index (χ2v) is 14.8. The molecule has 55 heavy (non-hydrogen) atoms. The number of hydrogen-bond acceptors (Lipinski definition) is 8. The fraction of sp³-hybridized carbons (Fsp3) is 0.289. The number of hydrogen-bond donors (Lipinski definition) is 1. The molecule has 0 bridgehead atoms. The Bertz CT molecular complexity index is 2270. The molecule has 4 aliphatic heterocycles. The highest BCUT2D eigenvalue weighted by Crippen LogP contribution is 2.41. The lowest BCUT2D eigenvalue weighted by Gasteiger charge is -2.19. The zero-order chi connectivity index (χ0) is 38.2. The summed E-state index contributed by atoms with van der Waals surface area (Å²) in [6, 6.07) is 23.9. The minimum Gasteiger partial charge on any atom is -0.493 e. The van der Waals surface area contributed by atoms with Crippen LogP contribution in [0.15, 0.2) is 95.2 Å². The maximum absolute atomic E-state index is 13.8. The summed E-state index contributed by atoms with van der Waals surface area (Å²) in [5, 5.41) is 3.42. The van der Waals surface area contributed by atoms with Gasteiger partial charge in [-0.3, -0.25) is 19.6 Å². The van der Waals surface area contributed by atoms with E-state index in [0.717, 1.165) is 33.5 Å². The molecule has 0 unspecified atom stereocenters. The highest BCUT2D eigenvalue weighted by atomic mass is 16.5. The van der Waals surface area contributed by atoms with Gasteiger partial charge in [0.05, 0.1) is 54.9 Å². The molecular formula is C45H45N5O5. The van der Waals surface area contributed by atoms with E-state index in [9.17, 15) is 9.59 Å².